The summed E-state index contributed by atoms with van der Waals surface area (Å²) in [6.07, 6.45) is 7.07. The molecule has 4 nitrogen and oxygen atoms in total. The first kappa shape index (κ1) is 12.2. The predicted octanol–water partition coefficient (Wildman–Crippen LogP) is 1.16. The van der Waals surface area contributed by atoms with E-state index < -0.39 is 0 Å². The summed E-state index contributed by atoms with van der Waals surface area (Å²) in [7, 11) is 0. The molecule has 0 radical (unpaired) electrons. The Morgan fingerprint density at radius 1 is 1.47 bits per heavy atom. The molecule has 1 heterocycles. The first-order chi connectivity index (χ1) is 7.38. The van der Waals surface area contributed by atoms with Gasteiger partial charge in [0.05, 0.1) is 6.54 Å². The van der Waals surface area contributed by atoms with Crippen molar-refractivity contribution in [3.63, 3.8) is 0 Å². The molecule has 0 fully saturated rings. The maximum atomic E-state index is 8.63. The Hall–Kier alpha value is -0.870. The molecule has 4 heteroatoms. The van der Waals surface area contributed by atoms with E-state index in [0.717, 1.165) is 31.9 Å². The fourth-order valence-electron chi connectivity index (χ4n) is 1.44. The van der Waals surface area contributed by atoms with Gasteiger partial charge < -0.3 is 15.0 Å². The minimum absolute atomic E-state index is 0.247. The molecule has 0 spiro atoms. The number of nitrogens with zero attached hydrogens (tertiary/aromatic N) is 2. The Labute approximate surface area is 91.3 Å². The van der Waals surface area contributed by atoms with E-state index in [9.17, 15) is 0 Å². The largest absolute Gasteiger partial charge is 0.396 e. The first-order valence-electron chi connectivity index (χ1n) is 5.70. The Balaban J connectivity index is 2.29. The number of unbranched alkanes of at least 4 members (excludes halogenated alkanes) is 1. The van der Waals surface area contributed by atoms with Gasteiger partial charge >= 0.3 is 0 Å². The molecular weight excluding hydrogens is 190 g/mol. The van der Waals surface area contributed by atoms with Crippen LogP contribution in [-0.4, -0.2) is 27.8 Å². The van der Waals surface area contributed by atoms with Crippen molar-refractivity contribution in [1.82, 2.24) is 14.9 Å². The minimum atomic E-state index is 0.247. The van der Waals surface area contributed by atoms with Gasteiger partial charge in [-0.15, -0.1) is 0 Å². The zero-order chi connectivity index (χ0) is 10.9. The summed E-state index contributed by atoms with van der Waals surface area (Å²) < 4.78 is 2.19. The Morgan fingerprint density at radius 2 is 2.33 bits per heavy atom. The summed E-state index contributed by atoms with van der Waals surface area (Å²) in [6, 6.07) is 0. The second-order valence-electron chi connectivity index (χ2n) is 3.64. The van der Waals surface area contributed by atoms with Crippen molar-refractivity contribution < 1.29 is 5.11 Å². The highest BCUT2D eigenvalue weighted by Crippen LogP contribution is 2.00. The van der Waals surface area contributed by atoms with E-state index in [1.54, 1.807) is 0 Å². The van der Waals surface area contributed by atoms with Crippen LogP contribution in [0.1, 0.15) is 32.0 Å². The SMILES string of the molecule is CCCCn1ccnc1CNCCCO. The highest BCUT2D eigenvalue weighted by Gasteiger charge is 2.00. The van der Waals surface area contributed by atoms with Crippen molar-refractivity contribution >= 4 is 0 Å². The molecule has 0 aliphatic rings. The maximum Gasteiger partial charge on any atom is 0.122 e. The van der Waals surface area contributed by atoms with E-state index in [2.05, 4.69) is 21.8 Å². The molecular formula is C11H21N3O. The Morgan fingerprint density at radius 3 is 3.07 bits per heavy atom. The van der Waals surface area contributed by atoms with E-state index in [1.807, 2.05) is 12.4 Å². The van der Waals surface area contributed by atoms with Gasteiger partial charge in [0.1, 0.15) is 5.82 Å². The molecule has 0 bridgehead atoms. The van der Waals surface area contributed by atoms with Crippen LogP contribution in [0.3, 0.4) is 0 Å². The van der Waals surface area contributed by atoms with E-state index in [0.29, 0.717) is 0 Å². The molecule has 0 saturated heterocycles. The van der Waals surface area contributed by atoms with Crippen LogP contribution < -0.4 is 5.32 Å². The number of aromatic nitrogens is 2. The highest BCUT2D eigenvalue weighted by molar-refractivity contribution is 4.91. The molecule has 1 aromatic heterocycles. The number of nitrogens with one attached hydrogen (secondary N) is 1. The first-order valence-corrected chi connectivity index (χ1v) is 5.70. The molecule has 0 unspecified atom stereocenters. The van der Waals surface area contributed by atoms with Gasteiger partial charge in [-0.1, -0.05) is 13.3 Å². The molecule has 2 N–H and O–H groups in total. The van der Waals surface area contributed by atoms with Gasteiger partial charge in [-0.3, -0.25) is 0 Å². The molecule has 0 amide bonds. The topological polar surface area (TPSA) is 50.1 Å². The van der Waals surface area contributed by atoms with Crippen LogP contribution >= 0.6 is 0 Å². The van der Waals surface area contributed by atoms with E-state index in [-0.39, 0.29) is 6.61 Å². The van der Waals surface area contributed by atoms with Crippen molar-refractivity contribution in [3.05, 3.63) is 18.2 Å². The molecule has 86 valence electrons. The minimum Gasteiger partial charge on any atom is -0.396 e. The predicted molar refractivity (Wildman–Crippen MR) is 60.5 cm³/mol. The van der Waals surface area contributed by atoms with E-state index in [1.165, 1.54) is 12.8 Å². The van der Waals surface area contributed by atoms with E-state index in [4.69, 9.17) is 5.11 Å². The van der Waals surface area contributed by atoms with Gasteiger partial charge in [0.15, 0.2) is 0 Å². The maximum absolute atomic E-state index is 8.63. The van der Waals surface area contributed by atoms with Gasteiger partial charge in [0, 0.05) is 25.5 Å². The molecule has 0 saturated carbocycles. The molecule has 0 atom stereocenters. The number of hydrogen-bond acceptors (Lipinski definition) is 3. The zero-order valence-electron chi connectivity index (χ0n) is 9.45. The van der Waals surface area contributed by atoms with Gasteiger partial charge in [-0.05, 0) is 19.4 Å². The molecule has 0 aliphatic carbocycles. The third kappa shape index (κ3) is 4.44. The van der Waals surface area contributed by atoms with Crippen molar-refractivity contribution in [2.24, 2.45) is 0 Å². The van der Waals surface area contributed by atoms with Crippen LogP contribution in [0.25, 0.3) is 0 Å². The summed E-state index contributed by atoms with van der Waals surface area (Å²) in [5, 5.41) is 11.9. The van der Waals surface area contributed by atoms with Crippen LogP contribution in [-0.2, 0) is 13.1 Å². The summed E-state index contributed by atoms with van der Waals surface area (Å²) in [6.45, 7) is 5.12. The van der Waals surface area contributed by atoms with Crippen molar-refractivity contribution in [1.29, 1.82) is 0 Å². The van der Waals surface area contributed by atoms with Gasteiger partial charge in [-0.2, -0.15) is 0 Å². The summed E-state index contributed by atoms with van der Waals surface area (Å²) in [5.74, 6) is 1.08. The summed E-state index contributed by atoms with van der Waals surface area (Å²) >= 11 is 0. The average Bonchev–Trinajstić information content (AvgIpc) is 2.69. The number of aliphatic hydroxyl groups excluding tert-OH is 1. The normalized spacial score (nSPS) is 10.8. The number of rotatable bonds is 8. The van der Waals surface area contributed by atoms with Crippen LogP contribution in [0.2, 0.25) is 0 Å². The van der Waals surface area contributed by atoms with Gasteiger partial charge in [0.2, 0.25) is 0 Å². The standard InChI is InChI=1S/C11H21N3O/c1-2-3-7-14-8-6-13-11(14)10-12-5-4-9-15/h6,8,12,15H,2-5,7,9-10H2,1H3. The third-order valence-corrected chi connectivity index (χ3v) is 2.35. The third-order valence-electron chi connectivity index (χ3n) is 2.35. The van der Waals surface area contributed by atoms with Crippen molar-refractivity contribution in [2.45, 2.75) is 39.3 Å². The Kier molecular flexibility index (Phi) is 6.04. The van der Waals surface area contributed by atoms with E-state index >= 15 is 0 Å². The molecule has 15 heavy (non-hydrogen) atoms. The molecule has 1 aromatic rings. The lowest BCUT2D eigenvalue weighted by Crippen LogP contribution is -2.19. The summed E-state index contributed by atoms with van der Waals surface area (Å²) in [4.78, 5) is 4.30. The van der Waals surface area contributed by atoms with Crippen molar-refractivity contribution in [3.8, 4) is 0 Å². The second kappa shape index (κ2) is 7.43. The fraction of sp³-hybridized carbons (Fsp3) is 0.727. The molecule has 0 aliphatic heterocycles. The summed E-state index contributed by atoms with van der Waals surface area (Å²) in [5.41, 5.74) is 0. The monoisotopic (exact) mass is 211 g/mol. The number of aryl methyl sites for hydroxylation is 1. The van der Waals surface area contributed by atoms with Gasteiger partial charge in [-0.25, -0.2) is 4.98 Å². The molecule has 0 aromatic carbocycles. The van der Waals surface area contributed by atoms with Crippen LogP contribution in [0.5, 0.6) is 0 Å². The quantitative estimate of drug-likeness (QED) is 0.634. The van der Waals surface area contributed by atoms with Crippen LogP contribution in [0.15, 0.2) is 12.4 Å². The second-order valence-corrected chi connectivity index (χ2v) is 3.64. The zero-order valence-corrected chi connectivity index (χ0v) is 9.45. The van der Waals surface area contributed by atoms with Crippen LogP contribution in [0.4, 0.5) is 0 Å². The highest BCUT2D eigenvalue weighted by atomic mass is 16.3. The lowest BCUT2D eigenvalue weighted by Gasteiger charge is -2.07. The molecule has 1 rings (SSSR count). The average molecular weight is 211 g/mol. The lowest BCUT2D eigenvalue weighted by atomic mass is 10.3. The van der Waals surface area contributed by atoms with Crippen LogP contribution in [0, 0.1) is 0 Å². The number of aliphatic hydroxyl groups is 1. The number of imidazole rings is 1. The lowest BCUT2D eigenvalue weighted by molar-refractivity contribution is 0.285. The number of hydrogen-bond donors (Lipinski definition) is 2. The fourth-order valence-corrected chi connectivity index (χ4v) is 1.44. The smallest absolute Gasteiger partial charge is 0.122 e. The van der Waals surface area contributed by atoms with Crippen molar-refractivity contribution in [2.75, 3.05) is 13.2 Å². The van der Waals surface area contributed by atoms with Gasteiger partial charge in [0.25, 0.3) is 0 Å². The Bertz CT molecular complexity index is 260.